The Bertz CT molecular complexity index is 698. The van der Waals surface area contributed by atoms with Crippen molar-refractivity contribution < 1.29 is 9.53 Å². The number of amides is 1. The molecule has 0 aromatic heterocycles. The number of ether oxygens (including phenoxy) is 1. The fraction of sp³-hybridized carbons (Fsp3) is 0.350. The molecule has 2 aromatic carbocycles. The van der Waals surface area contributed by atoms with Crippen molar-refractivity contribution in [2.24, 2.45) is 0 Å². The van der Waals surface area contributed by atoms with Crippen molar-refractivity contribution in [1.29, 1.82) is 0 Å². The van der Waals surface area contributed by atoms with Gasteiger partial charge in [0.2, 0.25) is 0 Å². The first-order valence-electron chi connectivity index (χ1n) is 8.12. The number of nitrogens with zero attached hydrogens (tertiary/aromatic N) is 1. The zero-order valence-electron chi connectivity index (χ0n) is 14.0. The minimum Gasteiger partial charge on any atom is -0.438 e. The van der Waals surface area contributed by atoms with Gasteiger partial charge in [0.15, 0.2) is 0 Å². The third-order valence-corrected chi connectivity index (χ3v) is 4.84. The molecule has 0 N–H and O–H groups in total. The average molecular weight is 309 g/mol. The highest BCUT2D eigenvalue weighted by Gasteiger charge is 2.40. The van der Waals surface area contributed by atoms with Gasteiger partial charge in [0.1, 0.15) is 5.60 Å². The van der Waals surface area contributed by atoms with Gasteiger partial charge in [-0.1, -0.05) is 54.6 Å². The molecule has 1 fully saturated rings. The molecular formula is C20H23NO2. The van der Waals surface area contributed by atoms with Crippen molar-refractivity contribution in [3.05, 3.63) is 71.3 Å². The molecule has 1 aliphatic heterocycles. The predicted molar refractivity (Wildman–Crippen MR) is 91.2 cm³/mol. The lowest BCUT2D eigenvalue weighted by Gasteiger charge is -2.42. The molecule has 1 saturated heterocycles. The number of rotatable bonds is 3. The van der Waals surface area contributed by atoms with Gasteiger partial charge < -0.3 is 9.64 Å². The highest BCUT2D eigenvalue weighted by Crippen LogP contribution is 2.37. The van der Waals surface area contributed by atoms with E-state index in [0.29, 0.717) is 6.54 Å². The summed E-state index contributed by atoms with van der Waals surface area (Å²) in [5.41, 5.74) is 2.84. The summed E-state index contributed by atoms with van der Waals surface area (Å²) in [5.74, 6) is 0. The lowest BCUT2D eigenvalue weighted by Crippen LogP contribution is -2.47. The number of carbonyl (C=O) groups excluding carboxylic acids is 1. The van der Waals surface area contributed by atoms with E-state index in [0.717, 1.165) is 23.1 Å². The molecule has 0 saturated carbocycles. The van der Waals surface area contributed by atoms with Gasteiger partial charge in [0, 0.05) is 13.0 Å². The van der Waals surface area contributed by atoms with Gasteiger partial charge in [-0.25, -0.2) is 4.79 Å². The third kappa shape index (κ3) is 2.96. The maximum Gasteiger partial charge on any atom is 0.411 e. The molecule has 3 nitrogen and oxygen atoms in total. The van der Waals surface area contributed by atoms with E-state index >= 15 is 0 Å². The molecule has 3 rings (SSSR count). The van der Waals surface area contributed by atoms with Crippen molar-refractivity contribution in [1.82, 2.24) is 4.90 Å². The summed E-state index contributed by atoms with van der Waals surface area (Å²) in [6, 6.07) is 18.2. The second-order valence-electron chi connectivity index (χ2n) is 6.44. The summed E-state index contributed by atoms with van der Waals surface area (Å²) in [5, 5.41) is 0. The van der Waals surface area contributed by atoms with Crippen LogP contribution >= 0.6 is 0 Å². The Morgan fingerprint density at radius 1 is 1.09 bits per heavy atom. The first-order chi connectivity index (χ1) is 11.0. The lowest BCUT2D eigenvalue weighted by atomic mass is 9.87. The van der Waals surface area contributed by atoms with Gasteiger partial charge in [-0.05, 0) is 37.5 Å². The minimum atomic E-state index is -0.546. The first-order valence-corrected chi connectivity index (χ1v) is 8.12. The molecule has 2 atom stereocenters. The number of carbonyl (C=O) groups is 1. The van der Waals surface area contributed by atoms with Crippen LogP contribution in [0.4, 0.5) is 4.79 Å². The maximum atomic E-state index is 12.6. The molecule has 120 valence electrons. The second kappa shape index (κ2) is 6.07. The fourth-order valence-electron chi connectivity index (χ4n) is 3.35. The van der Waals surface area contributed by atoms with Gasteiger partial charge in [0.25, 0.3) is 0 Å². The molecule has 0 spiro atoms. The van der Waals surface area contributed by atoms with Crippen LogP contribution in [0.1, 0.15) is 43.0 Å². The van der Waals surface area contributed by atoms with E-state index in [1.54, 1.807) is 0 Å². The van der Waals surface area contributed by atoms with Crippen LogP contribution in [0.5, 0.6) is 0 Å². The topological polar surface area (TPSA) is 29.5 Å². The molecular weight excluding hydrogens is 286 g/mol. The summed E-state index contributed by atoms with van der Waals surface area (Å²) in [6.07, 6.45) is 0.555. The monoisotopic (exact) mass is 309 g/mol. The highest BCUT2D eigenvalue weighted by atomic mass is 16.6. The van der Waals surface area contributed by atoms with Crippen molar-refractivity contribution in [2.45, 2.75) is 38.8 Å². The molecule has 2 aromatic rings. The quantitative estimate of drug-likeness (QED) is 0.814. The van der Waals surface area contributed by atoms with Crippen molar-refractivity contribution in [3.8, 4) is 0 Å². The van der Waals surface area contributed by atoms with Crippen LogP contribution in [-0.2, 0) is 10.3 Å². The number of cyclic esters (lactones) is 1. The van der Waals surface area contributed by atoms with Crippen LogP contribution in [-0.4, -0.2) is 17.5 Å². The van der Waals surface area contributed by atoms with Crippen LogP contribution in [0.2, 0.25) is 0 Å². The van der Waals surface area contributed by atoms with E-state index in [9.17, 15) is 4.79 Å². The number of benzene rings is 2. The maximum absolute atomic E-state index is 12.6. The average Bonchev–Trinajstić information content (AvgIpc) is 2.55. The van der Waals surface area contributed by atoms with Crippen molar-refractivity contribution in [3.63, 3.8) is 0 Å². The number of hydrogen-bond acceptors (Lipinski definition) is 2. The Labute approximate surface area is 137 Å². The van der Waals surface area contributed by atoms with Crippen molar-refractivity contribution >= 4 is 6.09 Å². The summed E-state index contributed by atoms with van der Waals surface area (Å²) >= 11 is 0. The van der Waals surface area contributed by atoms with Gasteiger partial charge >= 0.3 is 6.09 Å². The second-order valence-corrected chi connectivity index (χ2v) is 6.44. The zero-order chi connectivity index (χ0) is 16.4. The van der Waals surface area contributed by atoms with Crippen LogP contribution in [0.15, 0.2) is 54.6 Å². The van der Waals surface area contributed by atoms with Gasteiger partial charge in [-0.3, -0.25) is 0 Å². The van der Waals surface area contributed by atoms with E-state index < -0.39 is 5.60 Å². The van der Waals surface area contributed by atoms with Crippen LogP contribution < -0.4 is 0 Å². The molecule has 3 heteroatoms. The predicted octanol–water partition coefficient (Wildman–Crippen LogP) is 4.81. The van der Waals surface area contributed by atoms with E-state index in [1.807, 2.05) is 61.2 Å². The molecule has 0 radical (unpaired) electrons. The molecule has 23 heavy (non-hydrogen) atoms. The van der Waals surface area contributed by atoms with Crippen molar-refractivity contribution in [2.75, 3.05) is 6.54 Å². The van der Waals surface area contributed by atoms with Gasteiger partial charge in [-0.2, -0.15) is 0 Å². The third-order valence-electron chi connectivity index (χ3n) is 4.84. The van der Waals surface area contributed by atoms with Gasteiger partial charge in [0.05, 0.1) is 6.04 Å². The summed E-state index contributed by atoms with van der Waals surface area (Å²) in [7, 11) is 0. The Kier molecular flexibility index (Phi) is 4.12. The van der Waals surface area contributed by atoms with Crippen LogP contribution in [0, 0.1) is 6.92 Å². The summed E-state index contributed by atoms with van der Waals surface area (Å²) in [6.45, 7) is 6.82. The number of hydrogen-bond donors (Lipinski definition) is 0. The van der Waals surface area contributed by atoms with E-state index in [4.69, 9.17) is 4.74 Å². The summed E-state index contributed by atoms with van der Waals surface area (Å²) in [4.78, 5) is 14.4. The van der Waals surface area contributed by atoms with E-state index in [2.05, 4.69) is 19.1 Å². The molecule has 1 heterocycles. The minimum absolute atomic E-state index is 0.0186. The molecule has 0 aliphatic carbocycles. The Balaban J connectivity index is 1.80. The van der Waals surface area contributed by atoms with Crippen LogP contribution in [0.25, 0.3) is 0 Å². The standard InChI is InChI=1S/C20H23NO2/c1-15-9-7-8-12-18(15)20(3)13-14-21(19(22)23-20)16(2)17-10-5-4-6-11-17/h4-12,16H,13-14H2,1-3H3/t16-,20+/m0/s1. The SMILES string of the molecule is Cc1ccccc1[C@@]1(C)CCN([C@@H](C)c2ccccc2)C(=O)O1. The molecule has 0 bridgehead atoms. The summed E-state index contributed by atoms with van der Waals surface area (Å²) < 4.78 is 5.88. The van der Waals surface area contributed by atoms with Crippen LogP contribution in [0.3, 0.4) is 0 Å². The Morgan fingerprint density at radius 2 is 1.74 bits per heavy atom. The molecule has 0 unspecified atom stereocenters. The number of aryl methyl sites for hydroxylation is 1. The largest absolute Gasteiger partial charge is 0.438 e. The highest BCUT2D eigenvalue weighted by molar-refractivity contribution is 5.70. The van der Waals surface area contributed by atoms with E-state index in [1.165, 1.54) is 0 Å². The smallest absolute Gasteiger partial charge is 0.411 e. The van der Waals surface area contributed by atoms with Gasteiger partial charge in [-0.15, -0.1) is 0 Å². The van der Waals surface area contributed by atoms with E-state index in [-0.39, 0.29) is 12.1 Å². The Hall–Kier alpha value is -2.29. The first kappa shape index (κ1) is 15.6. The lowest BCUT2D eigenvalue weighted by molar-refractivity contribution is -0.0494. The molecule has 1 amide bonds. The fourth-order valence-corrected chi connectivity index (χ4v) is 3.35. The zero-order valence-corrected chi connectivity index (χ0v) is 14.0. The normalized spacial score (nSPS) is 22.6. The molecule has 1 aliphatic rings. The Morgan fingerprint density at radius 3 is 2.39 bits per heavy atom.